The molecule has 0 aromatic heterocycles. The molecule has 0 heteroatoms. The van der Waals surface area contributed by atoms with Crippen molar-refractivity contribution in [2.24, 2.45) is 16.7 Å². The van der Waals surface area contributed by atoms with Crippen LogP contribution in [0.3, 0.4) is 0 Å². The zero-order valence-corrected chi connectivity index (χ0v) is 10.1. The summed E-state index contributed by atoms with van der Waals surface area (Å²) in [5.41, 5.74) is 1.41. The highest BCUT2D eigenvalue weighted by Gasteiger charge is 2.61. The highest BCUT2D eigenvalue weighted by atomic mass is 14.7. The van der Waals surface area contributed by atoms with E-state index in [1.807, 2.05) is 0 Å². The van der Waals surface area contributed by atoms with E-state index in [2.05, 4.69) is 34.6 Å². The molecule has 0 amide bonds. The maximum absolute atomic E-state index is 2.50. The van der Waals surface area contributed by atoms with Gasteiger partial charge in [-0.25, -0.2) is 0 Å². The fourth-order valence-corrected chi connectivity index (χ4v) is 3.40. The van der Waals surface area contributed by atoms with E-state index in [1.54, 1.807) is 0 Å². The van der Waals surface area contributed by atoms with Gasteiger partial charge in [-0.3, -0.25) is 0 Å². The van der Waals surface area contributed by atoms with Crippen molar-refractivity contribution >= 4 is 0 Å². The smallest absolute Gasteiger partial charge is 0.0238 e. The molecule has 1 saturated carbocycles. The van der Waals surface area contributed by atoms with Gasteiger partial charge in [-0.2, -0.15) is 0 Å². The average molecular weight is 182 g/mol. The predicted octanol–water partition coefficient (Wildman–Crippen LogP) is 4.64. The first-order valence-corrected chi connectivity index (χ1v) is 5.99. The minimum Gasteiger partial charge on any atom is -0.0654 e. The van der Waals surface area contributed by atoms with E-state index >= 15 is 0 Å². The lowest BCUT2D eigenvalue weighted by atomic mass is 9.82. The first kappa shape index (κ1) is 11.1. The van der Waals surface area contributed by atoms with Crippen LogP contribution in [0.1, 0.15) is 66.7 Å². The first-order chi connectivity index (χ1) is 5.99. The molecule has 0 aromatic carbocycles. The molecule has 13 heavy (non-hydrogen) atoms. The van der Waals surface area contributed by atoms with E-state index in [4.69, 9.17) is 0 Å². The SMILES string of the molecule is CCCC1(C)CC1(CC)CC(C)C. The Morgan fingerprint density at radius 1 is 1.23 bits per heavy atom. The van der Waals surface area contributed by atoms with Gasteiger partial charge in [0, 0.05) is 0 Å². The topological polar surface area (TPSA) is 0 Å². The normalized spacial score (nSPS) is 38.3. The molecule has 2 atom stereocenters. The summed E-state index contributed by atoms with van der Waals surface area (Å²) in [5, 5.41) is 0. The number of hydrogen-bond acceptors (Lipinski definition) is 0. The molecule has 0 saturated heterocycles. The van der Waals surface area contributed by atoms with Crippen molar-refractivity contribution in [1.82, 2.24) is 0 Å². The zero-order chi connectivity index (χ0) is 10.1. The van der Waals surface area contributed by atoms with Crippen molar-refractivity contribution in [2.75, 3.05) is 0 Å². The largest absolute Gasteiger partial charge is 0.0654 e. The standard InChI is InChI=1S/C13H26/c1-6-8-12(5)10-13(12,7-2)9-11(3)4/h11H,6-10H2,1-5H3. The van der Waals surface area contributed by atoms with Crippen LogP contribution >= 0.6 is 0 Å². The molecule has 78 valence electrons. The van der Waals surface area contributed by atoms with E-state index in [1.165, 1.54) is 32.1 Å². The molecule has 0 aliphatic heterocycles. The van der Waals surface area contributed by atoms with Crippen LogP contribution in [0.15, 0.2) is 0 Å². The van der Waals surface area contributed by atoms with E-state index in [-0.39, 0.29) is 0 Å². The van der Waals surface area contributed by atoms with Crippen molar-refractivity contribution in [1.29, 1.82) is 0 Å². The molecule has 0 N–H and O–H groups in total. The molecule has 0 spiro atoms. The van der Waals surface area contributed by atoms with Crippen molar-refractivity contribution in [3.8, 4) is 0 Å². The van der Waals surface area contributed by atoms with Crippen LogP contribution in [0.2, 0.25) is 0 Å². The van der Waals surface area contributed by atoms with Crippen LogP contribution in [0.5, 0.6) is 0 Å². The van der Waals surface area contributed by atoms with Gasteiger partial charge in [0.25, 0.3) is 0 Å². The van der Waals surface area contributed by atoms with Crippen LogP contribution in [0.25, 0.3) is 0 Å². The van der Waals surface area contributed by atoms with Crippen LogP contribution in [0.4, 0.5) is 0 Å². The summed E-state index contributed by atoms with van der Waals surface area (Å²) in [4.78, 5) is 0. The van der Waals surface area contributed by atoms with Gasteiger partial charge in [-0.1, -0.05) is 41.0 Å². The summed E-state index contributed by atoms with van der Waals surface area (Å²) in [6.07, 6.45) is 7.12. The third-order valence-corrected chi connectivity index (χ3v) is 4.16. The Kier molecular flexibility index (Phi) is 3.09. The van der Waals surface area contributed by atoms with Crippen LogP contribution < -0.4 is 0 Å². The summed E-state index contributed by atoms with van der Waals surface area (Å²) in [6.45, 7) is 11.9. The minimum absolute atomic E-state index is 0.695. The van der Waals surface area contributed by atoms with Gasteiger partial charge in [-0.15, -0.1) is 0 Å². The molecule has 0 aromatic rings. The van der Waals surface area contributed by atoms with Gasteiger partial charge in [-0.05, 0) is 42.4 Å². The molecule has 0 nitrogen and oxygen atoms in total. The minimum atomic E-state index is 0.695. The zero-order valence-electron chi connectivity index (χ0n) is 10.1. The quantitative estimate of drug-likeness (QED) is 0.581. The molecule has 1 aliphatic carbocycles. The lowest BCUT2D eigenvalue weighted by Gasteiger charge is -2.23. The number of hydrogen-bond donors (Lipinski definition) is 0. The van der Waals surface area contributed by atoms with E-state index in [0.717, 1.165) is 11.3 Å². The molecule has 1 fully saturated rings. The Labute approximate surface area is 84.1 Å². The summed E-state index contributed by atoms with van der Waals surface area (Å²) in [6, 6.07) is 0. The van der Waals surface area contributed by atoms with Crippen LogP contribution in [-0.2, 0) is 0 Å². The fraction of sp³-hybridized carbons (Fsp3) is 1.00. The third-order valence-electron chi connectivity index (χ3n) is 4.16. The Balaban J connectivity index is 2.56. The van der Waals surface area contributed by atoms with E-state index < -0.39 is 0 Å². The predicted molar refractivity (Wildman–Crippen MR) is 59.8 cm³/mol. The molecule has 0 heterocycles. The van der Waals surface area contributed by atoms with Gasteiger partial charge in [0.1, 0.15) is 0 Å². The molecular weight excluding hydrogens is 156 g/mol. The second kappa shape index (κ2) is 3.63. The van der Waals surface area contributed by atoms with E-state index in [0.29, 0.717) is 5.41 Å². The van der Waals surface area contributed by atoms with Crippen molar-refractivity contribution in [3.63, 3.8) is 0 Å². The molecule has 0 bridgehead atoms. The Hall–Kier alpha value is 0. The van der Waals surface area contributed by atoms with Crippen molar-refractivity contribution < 1.29 is 0 Å². The Morgan fingerprint density at radius 2 is 1.85 bits per heavy atom. The third kappa shape index (κ3) is 1.92. The van der Waals surface area contributed by atoms with E-state index in [9.17, 15) is 0 Å². The Morgan fingerprint density at radius 3 is 2.23 bits per heavy atom. The monoisotopic (exact) mass is 182 g/mol. The lowest BCUT2D eigenvalue weighted by molar-refractivity contribution is 0.273. The molecule has 2 unspecified atom stereocenters. The fourth-order valence-electron chi connectivity index (χ4n) is 3.40. The maximum Gasteiger partial charge on any atom is -0.0238 e. The maximum atomic E-state index is 2.50. The summed E-state index contributed by atoms with van der Waals surface area (Å²) >= 11 is 0. The van der Waals surface area contributed by atoms with Crippen molar-refractivity contribution in [3.05, 3.63) is 0 Å². The number of rotatable bonds is 5. The molecular formula is C13H26. The molecule has 1 aliphatic rings. The highest BCUT2D eigenvalue weighted by molar-refractivity contribution is 5.10. The summed E-state index contributed by atoms with van der Waals surface area (Å²) < 4.78 is 0. The van der Waals surface area contributed by atoms with Gasteiger partial charge in [0.2, 0.25) is 0 Å². The van der Waals surface area contributed by atoms with Crippen molar-refractivity contribution in [2.45, 2.75) is 66.7 Å². The average Bonchev–Trinajstić information content (AvgIpc) is 2.56. The Bertz CT molecular complexity index is 171. The second-order valence-corrected chi connectivity index (χ2v) is 5.72. The highest BCUT2D eigenvalue weighted by Crippen LogP contribution is 2.70. The molecule has 0 radical (unpaired) electrons. The molecule has 1 rings (SSSR count). The van der Waals surface area contributed by atoms with Gasteiger partial charge < -0.3 is 0 Å². The second-order valence-electron chi connectivity index (χ2n) is 5.72. The van der Waals surface area contributed by atoms with Gasteiger partial charge in [0.15, 0.2) is 0 Å². The van der Waals surface area contributed by atoms with Gasteiger partial charge in [0.05, 0.1) is 0 Å². The van der Waals surface area contributed by atoms with Crippen LogP contribution in [-0.4, -0.2) is 0 Å². The summed E-state index contributed by atoms with van der Waals surface area (Å²) in [7, 11) is 0. The van der Waals surface area contributed by atoms with Gasteiger partial charge >= 0.3 is 0 Å². The lowest BCUT2D eigenvalue weighted by Crippen LogP contribution is -2.13. The van der Waals surface area contributed by atoms with Crippen LogP contribution in [0, 0.1) is 16.7 Å². The first-order valence-electron chi connectivity index (χ1n) is 5.99. The summed E-state index contributed by atoms with van der Waals surface area (Å²) in [5.74, 6) is 0.874.